The van der Waals surface area contributed by atoms with Gasteiger partial charge in [0.1, 0.15) is 6.17 Å². The monoisotopic (exact) mass is 352 g/mol. The summed E-state index contributed by atoms with van der Waals surface area (Å²) in [6.45, 7) is 2.19. The molecule has 6 nitrogen and oxygen atoms in total. The largest absolute Gasteiger partial charge is 0.365 e. The molecule has 1 atom stereocenters. The summed E-state index contributed by atoms with van der Waals surface area (Å²) in [4.78, 5) is 17.7. The van der Waals surface area contributed by atoms with Gasteiger partial charge in [-0.3, -0.25) is 9.69 Å². The van der Waals surface area contributed by atoms with Crippen molar-refractivity contribution in [2.75, 3.05) is 13.1 Å². The number of aromatic nitrogens is 3. The Balaban J connectivity index is 1.59. The minimum Gasteiger partial charge on any atom is -0.365 e. The van der Waals surface area contributed by atoms with E-state index >= 15 is 0 Å². The Kier molecular flexibility index (Phi) is 4.38. The Morgan fingerprint density at radius 2 is 2.08 bits per heavy atom. The molecule has 1 amide bonds. The van der Waals surface area contributed by atoms with Crippen molar-refractivity contribution in [2.45, 2.75) is 25.6 Å². The first-order valence-electron chi connectivity index (χ1n) is 8.63. The molecule has 1 aliphatic heterocycles. The van der Waals surface area contributed by atoms with Crippen LogP contribution in [0.3, 0.4) is 0 Å². The molecule has 1 fully saturated rings. The van der Waals surface area contributed by atoms with Crippen LogP contribution in [0.15, 0.2) is 36.4 Å². The maximum atomic E-state index is 13.5. The molecule has 0 bridgehead atoms. The third kappa shape index (κ3) is 3.17. The van der Waals surface area contributed by atoms with Crippen molar-refractivity contribution in [3.05, 3.63) is 53.9 Å². The highest BCUT2D eigenvalue weighted by molar-refractivity contribution is 5.99. The van der Waals surface area contributed by atoms with Gasteiger partial charge in [-0.1, -0.05) is 24.3 Å². The van der Waals surface area contributed by atoms with Crippen LogP contribution in [-0.2, 0) is 6.54 Å². The number of alkyl halides is 1. The van der Waals surface area contributed by atoms with Gasteiger partial charge in [0.05, 0.1) is 11.3 Å². The first kappa shape index (κ1) is 16.7. The average Bonchev–Trinajstić information content (AvgIpc) is 3.11. The Bertz CT molecular complexity index is 937. The van der Waals surface area contributed by atoms with E-state index < -0.39 is 12.1 Å². The predicted octanol–water partition coefficient (Wildman–Crippen LogP) is 2.23. The summed E-state index contributed by atoms with van der Waals surface area (Å²) in [6.07, 6.45) is 3.38. The lowest BCUT2D eigenvalue weighted by Crippen LogP contribution is -2.35. The van der Waals surface area contributed by atoms with Crippen LogP contribution in [-0.4, -0.2) is 44.7 Å². The number of pyridine rings is 1. The van der Waals surface area contributed by atoms with E-state index in [4.69, 9.17) is 5.73 Å². The van der Waals surface area contributed by atoms with E-state index in [2.05, 4.69) is 21.3 Å². The van der Waals surface area contributed by atoms with Crippen LogP contribution in [0.5, 0.6) is 0 Å². The maximum Gasteiger partial charge on any atom is 0.252 e. The number of halogens is 1. The molecule has 0 spiro atoms. The SMILES string of the molecule is NC(=O)c1ccc(-c2ccc(CN3CCCC(F)C3)cc2)n2n[c]nc12. The van der Waals surface area contributed by atoms with Gasteiger partial charge in [0.2, 0.25) is 6.33 Å². The number of likely N-dealkylation sites (tertiary alicyclic amines) is 1. The molecule has 3 heterocycles. The summed E-state index contributed by atoms with van der Waals surface area (Å²) in [6, 6.07) is 11.5. The van der Waals surface area contributed by atoms with Crippen LogP contribution in [0.2, 0.25) is 0 Å². The zero-order chi connectivity index (χ0) is 18.1. The van der Waals surface area contributed by atoms with E-state index in [1.807, 2.05) is 24.3 Å². The van der Waals surface area contributed by atoms with Crippen LogP contribution < -0.4 is 5.73 Å². The number of benzene rings is 1. The lowest BCUT2D eigenvalue weighted by Gasteiger charge is -2.28. The highest BCUT2D eigenvalue weighted by Gasteiger charge is 2.19. The minimum atomic E-state index is -0.719. The molecule has 3 aromatic rings. The standard InChI is InChI=1S/C19H19FN5O/c20-15-2-1-9-24(11-15)10-13-3-5-14(6-4-13)17-8-7-16(18(21)26)19-22-12-23-25(17)19/h3-8,15H,1-2,9-11H2,(H2,21,26). The Morgan fingerprint density at radius 1 is 1.27 bits per heavy atom. The predicted molar refractivity (Wildman–Crippen MR) is 95.2 cm³/mol. The van der Waals surface area contributed by atoms with Gasteiger partial charge < -0.3 is 5.73 Å². The molecule has 2 aromatic heterocycles. The van der Waals surface area contributed by atoms with Crippen molar-refractivity contribution in [1.29, 1.82) is 0 Å². The van der Waals surface area contributed by atoms with Crippen molar-refractivity contribution in [2.24, 2.45) is 5.73 Å². The Hall–Kier alpha value is -2.80. The van der Waals surface area contributed by atoms with E-state index in [0.29, 0.717) is 24.2 Å². The number of fused-ring (bicyclic) bond motifs is 1. The normalized spacial score (nSPS) is 18.3. The molecule has 4 rings (SSSR count). The molecular weight excluding hydrogens is 333 g/mol. The van der Waals surface area contributed by atoms with Gasteiger partial charge in [-0.05, 0) is 37.1 Å². The van der Waals surface area contributed by atoms with Gasteiger partial charge >= 0.3 is 0 Å². The summed E-state index contributed by atoms with van der Waals surface area (Å²) < 4.78 is 15.1. The molecular formula is C19H19FN5O. The number of carbonyl (C=O) groups is 1. The van der Waals surface area contributed by atoms with Crippen LogP contribution >= 0.6 is 0 Å². The van der Waals surface area contributed by atoms with Crippen LogP contribution in [0.1, 0.15) is 28.8 Å². The van der Waals surface area contributed by atoms with Gasteiger partial charge in [0, 0.05) is 18.7 Å². The number of nitrogens with zero attached hydrogens (tertiary/aromatic N) is 4. The summed E-state index contributed by atoms with van der Waals surface area (Å²) in [5, 5.41) is 4.09. The van der Waals surface area contributed by atoms with Crippen molar-refractivity contribution in [3.63, 3.8) is 0 Å². The molecule has 1 aromatic carbocycles. The lowest BCUT2D eigenvalue weighted by molar-refractivity contribution is 0.100. The number of carbonyl (C=O) groups excluding carboxylic acids is 1. The summed E-state index contributed by atoms with van der Waals surface area (Å²) in [5.74, 6) is -0.550. The van der Waals surface area contributed by atoms with Crippen molar-refractivity contribution < 1.29 is 9.18 Å². The van der Waals surface area contributed by atoms with E-state index in [1.54, 1.807) is 16.6 Å². The molecule has 0 aliphatic carbocycles. The maximum absolute atomic E-state index is 13.5. The first-order valence-corrected chi connectivity index (χ1v) is 8.63. The van der Waals surface area contributed by atoms with Gasteiger partial charge in [-0.2, -0.15) is 0 Å². The van der Waals surface area contributed by atoms with Crippen LogP contribution in [0, 0.1) is 6.33 Å². The van der Waals surface area contributed by atoms with Crippen molar-refractivity contribution in [1.82, 2.24) is 19.5 Å². The topological polar surface area (TPSA) is 76.5 Å². The van der Waals surface area contributed by atoms with E-state index in [-0.39, 0.29) is 0 Å². The molecule has 26 heavy (non-hydrogen) atoms. The number of piperidine rings is 1. The van der Waals surface area contributed by atoms with Crippen LogP contribution in [0.4, 0.5) is 4.39 Å². The number of hydrogen-bond donors (Lipinski definition) is 1. The molecule has 1 unspecified atom stereocenters. The molecule has 1 saturated heterocycles. The fourth-order valence-electron chi connectivity index (χ4n) is 3.45. The fraction of sp³-hybridized carbons (Fsp3) is 0.316. The molecule has 7 heteroatoms. The smallest absolute Gasteiger partial charge is 0.252 e. The fourth-order valence-corrected chi connectivity index (χ4v) is 3.45. The second-order valence-corrected chi connectivity index (χ2v) is 6.62. The van der Waals surface area contributed by atoms with Gasteiger partial charge in [0.15, 0.2) is 5.65 Å². The molecule has 133 valence electrons. The number of amides is 1. The highest BCUT2D eigenvalue weighted by atomic mass is 19.1. The summed E-state index contributed by atoms with van der Waals surface area (Å²) in [7, 11) is 0. The van der Waals surface area contributed by atoms with Gasteiger partial charge in [-0.25, -0.2) is 13.9 Å². The molecule has 0 saturated carbocycles. The third-order valence-electron chi connectivity index (χ3n) is 4.75. The van der Waals surface area contributed by atoms with Gasteiger partial charge in [-0.15, -0.1) is 5.10 Å². The lowest BCUT2D eigenvalue weighted by atomic mass is 10.1. The average molecular weight is 352 g/mol. The zero-order valence-corrected chi connectivity index (χ0v) is 14.2. The molecule has 1 aliphatic rings. The number of nitrogens with two attached hydrogens (primary N) is 1. The minimum absolute atomic E-state index is 0.310. The summed E-state index contributed by atoms with van der Waals surface area (Å²) >= 11 is 0. The second kappa shape index (κ2) is 6.84. The number of primary amides is 1. The van der Waals surface area contributed by atoms with E-state index in [9.17, 15) is 9.18 Å². The summed E-state index contributed by atoms with van der Waals surface area (Å²) in [5.41, 5.74) is 8.96. The van der Waals surface area contributed by atoms with Crippen molar-refractivity contribution in [3.8, 4) is 11.3 Å². The second-order valence-electron chi connectivity index (χ2n) is 6.62. The first-order chi connectivity index (χ1) is 12.6. The van der Waals surface area contributed by atoms with Crippen LogP contribution in [0.25, 0.3) is 16.9 Å². The number of rotatable bonds is 4. The zero-order valence-electron chi connectivity index (χ0n) is 14.2. The van der Waals surface area contributed by atoms with Gasteiger partial charge in [0.25, 0.3) is 5.91 Å². The third-order valence-corrected chi connectivity index (χ3v) is 4.75. The quantitative estimate of drug-likeness (QED) is 0.781. The van der Waals surface area contributed by atoms with Crippen molar-refractivity contribution >= 4 is 11.6 Å². The Labute approximate surface area is 150 Å². The van der Waals surface area contributed by atoms with E-state index in [0.717, 1.165) is 36.3 Å². The molecule has 1 radical (unpaired) electrons. The molecule has 2 N–H and O–H groups in total. The van der Waals surface area contributed by atoms with E-state index in [1.165, 1.54) is 0 Å². The number of hydrogen-bond acceptors (Lipinski definition) is 4. The highest BCUT2D eigenvalue weighted by Crippen LogP contribution is 2.23. The Morgan fingerprint density at radius 3 is 2.81 bits per heavy atom.